The quantitative estimate of drug-likeness (QED) is 0.761. The van der Waals surface area contributed by atoms with Crippen LogP contribution in [0.4, 0.5) is 0 Å². The summed E-state index contributed by atoms with van der Waals surface area (Å²) in [6.07, 6.45) is 1.51. The average Bonchev–Trinajstić information content (AvgIpc) is 2.28. The zero-order chi connectivity index (χ0) is 13.1. The highest BCUT2D eigenvalue weighted by Crippen LogP contribution is 2.30. The third-order valence-electron chi connectivity index (χ3n) is 3.52. The predicted molar refractivity (Wildman–Crippen MR) is 64.7 cm³/mol. The number of hydrogen-bond acceptors (Lipinski definition) is 3. The van der Waals surface area contributed by atoms with E-state index in [1.54, 1.807) is 6.92 Å². The van der Waals surface area contributed by atoms with Crippen molar-refractivity contribution in [2.75, 3.05) is 19.6 Å². The first-order chi connectivity index (χ1) is 7.90. The number of rotatable bonds is 4. The van der Waals surface area contributed by atoms with Crippen molar-refractivity contribution in [3.05, 3.63) is 0 Å². The molecular formula is C12H22N2O3. The minimum absolute atomic E-state index is 0.0258. The molecule has 1 heterocycles. The molecule has 5 heteroatoms. The maximum atomic E-state index is 11.7. The van der Waals surface area contributed by atoms with Crippen LogP contribution in [0, 0.1) is 5.41 Å². The van der Waals surface area contributed by atoms with Crippen LogP contribution in [0.25, 0.3) is 0 Å². The molecule has 98 valence electrons. The van der Waals surface area contributed by atoms with Crippen molar-refractivity contribution in [3.63, 3.8) is 0 Å². The lowest BCUT2D eigenvalue weighted by Crippen LogP contribution is -2.53. The molecule has 5 nitrogen and oxygen atoms in total. The van der Waals surface area contributed by atoms with E-state index >= 15 is 0 Å². The monoisotopic (exact) mass is 242 g/mol. The molecule has 1 fully saturated rings. The number of carboxylic acid groups (broad SMARTS) is 1. The number of likely N-dealkylation sites (tertiary alicyclic amines) is 1. The van der Waals surface area contributed by atoms with Gasteiger partial charge in [-0.05, 0) is 40.2 Å². The topological polar surface area (TPSA) is 69.6 Å². The second-order valence-corrected chi connectivity index (χ2v) is 5.01. The zero-order valence-electron chi connectivity index (χ0n) is 10.8. The first kappa shape index (κ1) is 14.0. The molecule has 1 aliphatic heterocycles. The lowest BCUT2D eigenvalue weighted by Gasteiger charge is -2.40. The highest BCUT2D eigenvalue weighted by Gasteiger charge is 2.40. The van der Waals surface area contributed by atoms with Gasteiger partial charge >= 0.3 is 5.97 Å². The van der Waals surface area contributed by atoms with Gasteiger partial charge in [-0.2, -0.15) is 0 Å². The molecule has 0 aromatic carbocycles. The Morgan fingerprint density at radius 2 is 2.18 bits per heavy atom. The Morgan fingerprint density at radius 3 is 2.71 bits per heavy atom. The number of nitrogens with zero attached hydrogens (tertiary/aromatic N) is 1. The summed E-state index contributed by atoms with van der Waals surface area (Å²) in [6, 6.07) is -0.256. The van der Waals surface area contributed by atoms with Gasteiger partial charge in [0.25, 0.3) is 0 Å². The molecule has 17 heavy (non-hydrogen) atoms. The Bertz CT molecular complexity index is 306. The van der Waals surface area contributed by atoms with Gasteiger partial charge in [-0.3, -0.25) is 14.5 Å². The molecule has 2 unspecified atom stereocenters. The molecule has 1 aliphatic rings. The summed E-state index contributed by atoms with van der Waals surface area (Å²) in [6.45, 7) is 7.31. The molecule has 2 N–H and O–H groups in total. The molecule has 0 bridgehead atoms. The molecular weight excluding hydrogens is 220 g/mol. The fourth-order valence-corrected chi connectivity index (χ4v) is 2.27. The Morgan fingerprint density at radius 1 is 1.53 bits per heavy atom. The molecule has 1 rings (SSSR count). The molecule has 1 saturated heterocycles. The molecule has 0 aromatic rings. The number of amides is 1. The molecule has 0 radical (unpaired) electrons. The average molecular weight is 242 g/mol. The first-order valence-electron chi connectivity index (χ1n) is 6.16. The van der Waals surface area contributed by atoms with Crippen LogP contribution in [0.5, 0.6) is 0 Å². The highest BCUT2D eigenvalue weighted by atomic mass is 16.4. The fourth-order valence-electron chi connectivity index (χ4n) is 2.27. The van der Waals surface area contributed by atoms with E-state index in [1.165, 1.54) is 0 Å². The van der Waals surface area contributed by atoms with Gasteiger partial charge in [-0.15, -0.1) is 0 Å². The zero-order valence-corrected chi connectivity index (χ0v) is 10.8. The van der Waals surface area contributed by atoms with E-state index in [0.717, 1.165) is 13.0 Å². The van der Waals surface area contributed by atoms with Crippen molar-refractivity contribution in [2.24, 2.45) is 5.41 Å². The smallest absolute Gasteiger partial charge is 0.310 e. The summed E-state index contributed by atoms with van der Waals surface area (Å²) in [7, 11) is 0. The number of nitrogens with one attached hydrogen (secondary N) is 1. The summed E-state index contributed by atoms with van der Waals surface area (Å²) in [5.74, 6) is -0.799. The Hall–Kier alpha value is -1.10. The van der Waals surface area contributed by atoms with Gasteiger partial charge in [0.15, 0.2) is 0 Å². The second-order valence-electron chi connectivity index (χ2n) is 5.01. The van der Waals surface area contributed by atoms with Gasteiger partial charge in [-0.25, -0.2) is 0 Å². The number of carbonyl (C=O) groups is 2. The van der Waals surface area contributed by atoms with E-state index in [2.05, 4.69) is 5.32 Å². The lowest BCUT2D eigenvalue weighted by atomic mass is 9.81. The van der Waals surface area contributed by atoms with E-state index in [9.17, 15) is 14.7 Å². The maximum absolute atomic E-state index is 11.7. The van der Waals surface area contributed by atoms with Gasteiger partial charge in [0.2, 0.25) is 5.91 Å². The second kappa shape index (κ2) is 5.49. The van der Waals surface area contributed by atoms with Crippen molar-refractivity contribution in [1.82, 2.24) is 10.2 Å². The number of piperidine rings is 1. The van der Waals surface area contributed by atoms with Gasteiger partial charge in [0, 0.05) is 13.1 Å². The molecule has 1 amide bonds. The Labute approximate surface area is 102 Å². The van der Waals surface area contributed by atoms with Gasteiger partial charge < -0.3 is 10.4 Å². The maximum Gasteiger partial charge on any atom is 0.310 e. The standard InChI is InChI=1S/C12H22N2O3/c1-4-13-10(15)9(2)14-7-5-6-12(3,8-14)11(16)17/h9H,4-8H2,1-3H3,(H,13,15)(H,16,17). The number of likely N-dealkylation sites (N-methyl/N-ethyl adjacent to an activating group) is 1. The number of carbonyl (C=O) groups excluding carboxylic acids is 1. The van der Waals surface area contributed by atoms with Crippen LogP contribution < -0.4 is 5.32 Å². The molecule has 2 atom stereocenters. The van der Waals surface area contributed by atoms with Crippen LogP contribution in [0.1, 0.15) is 33.6 Å². The summed E-state index contributed by atoms with van der Waals surface area (Å²) in [5.41, 5.74) is -0.723. The van der Waals surface area contributed by atoms with Crippen molar-refractivity contribution in [3.8, 4) is 0 Å². The SMILES string of the molecule is CCNC(=O)C(C)N1CCCC(C)(C(=O)O)C1. The van der Waals surface area contributed by atoms with Gasteiger partial charge in [0.1, 0.15) is 0 Å². The molecule has 0 spiro atoms. The van der Waals surface area contributed by atoms with Crippen LogP contribution in [0.3, 0.4) is 0 Å². The number of carboxylic acids is 1. The summed E-state index contributed by atoms with van der Waals surface area (Å²) >= 11 is 0. The van der Waals surface area contributed by atoms with Gasteiger partial charge in [0.05, 0.1) is 11.5 Å². The predicted octanol–water partition coefficient (Wildman–Crippen LogP) is 0.698. The third kappa shape index (κ3) is 3.19. The Balaban J connectivity index is 2.66. The number of aliphatic carboxylic acids is 1. The molecule has 0 saturated carbocycles. The van der Waals surface area contributed by atoms with Crippen molar-refractivity contribution in [2.45, 2.75) is 39.7 Å². The molecule has 0 aliphatic carbocycles. The van der Waals surface area contributed by atoms with Crippen LogP contribution in [-0.4, -0.2) is 47.6 Å². The van der Waals surface area contributed by atoms with Crippen LogP contribution in [0.15, 0.2) is 0 Å². The van der Waals surface area contributed by atoms with E-state index < -0.39 is 11.4 Å². The largest absolute Gasteiger partial charge is 0.481 e. The van der Waals surface area contributed by atoms with Crippen molar-refractivity contribution in [1.29, 1.82) is 0 Å². The van der Waals surface area contributed by atoms with Crippen LogP contribution >= 0.6 is 0 Å². The van der Waals surface area contributed by atoms with E-state index in [1.807, 2.05) is 18.7 Å². The minimum Gasteiger partial charge on any atom is -0.481 e. The van der Waals surface area contributed by atoms with Crippen molar-refractivity contribution >= 4 is 11.9 Å². The number of hydrogen-bond donors (Lipinski definition) is 2. The van der Waals surface area contributed by atoms with Gasteiger partial charge in [-0.1, -0.05) is 0 Å². The molecule has 0 aromatic heterocycles. The van der Waals surface area contributed by atoms with Crippen LogP contribution in [-0.2, 0) is 9.59 Å². The van der Waals surface area contributed by atoms with E-state index in [0.29, 0.717) is 19.5 Å². The summed E-state index contributed by atoms with van der Waals surface area (Å²) in [5, 5.41) is 12.0. The summed E-state index contributed by atoms with van der Waals surface area (Å²) < 4.78 is 0. The third-order valence-corrected chi connectivity index (χ3v) is 3.52. The first-order valence-corrected chi connectivity index (χ1v) is 6.16. The summed E-state index contributed by atoms with van der Waals surface area (Å²) in [4.78, 5) is 24.9. The highest BCUT2D eigenvalue weighted by molar-refractivity contribution is 5.81. The van der Waals surface area contributed by atoms with Crippen molar-refractivity contribution < 1.29 is 14.7 Å². The van der Waals surface area contributed by atoms with Crippen LogP contribution in [0.2, 0.25) is 0 Å². The fraction of sp³-hybridized carbons (Fsp3) is 0.833. The minimum atomic E-state index is -0.773. The van der Waals surface area contributed by atoms with E-state index in [-0.39, 0.29) is 11.9 Å². The lowest BCUT2D eigenvalue weighted by molar-refractivity contribution is -0.152. The normalized spacial score (nSPS) is 27.5. The van der Waals surface area contributed by atoms with E-state index in [4.69, 9.17) is 0 Å². The Kier molecular flexibility index (Phi) is 4.51.